The molecule has 0 aliphatic rings. The molecule has 0 unspecified atom stereocenters. The molecule has 0 spiro atoms. The average Bonchev–Trinajstić information content (AvgIpc) is 2.36. The highest BCUT2D eigenvalue weighted by Gasteiger charge is 2.05. The van der Waals surface area contributed by atoms with E-state index in [9.17, 15) is 9.59 Å². The van der Waals surface area contributed by atoms with E-state index in [-0.39, 0.29) is 18.1 Å². The summed E-state index contributed by atoms with van der Waals surface area (Å²) < 4.78 is 1.42. The van der Waals surface area contributed by atoms with Gasteiger partial charge < -0.3 is 15.0 Å². The lowest BCUT2D eigenvalue weighted by molar-refractivity contribution is 0.0956. The van der Waals surface area contributed by atoms with Crippen LogP contribution in [-0.4, -0.2) is 40.2 Å². The van der Waals surface area contributed by atoms with Crippen molar-refractivity contribution < 1.29 is 9.90 Å². The monoisotopic (exact) mass is 270 g/mol. The first-order valence-corrected chi connectivity index (χ1v) is 6.94. The Morgan fingerprint density at radius 3 is 2.94 bits per heavy atom. The highest BCUT2D eigenvalue weighted by atomic mass is 32.2. The number of aromatic nitrogens is 1. The van der Waals surface area contributed by atoms with Crippen LogP contribution in [-0.2, 0) is 7.05 Å². The van der Waals surface area contributed by atoms with Crippen LogP contribution in [0.2, 0.25) is 0 Å². The van der Waals surface area contributed by atoms with E-state index >= 15 is 0 Å². The quantitative estimate of drug-likeness (QED) is 0.696. The van der Waals surface area contributed by atoms with Crippen LogP contribution in [0.1, 0.15) is 16.8 Å². The summed E-state index contributed by atoms with van der Waals surface area (Å²) in [5.41, 5.74) is 0.193. The van der Waals surface area contributed by atoms with Gasteiger partial charge in [0, 0.05) is 43.8 Å². The predicted octanol–water partition coefficient (Wildman–Crippen LogP) is 0.231. The number of pyridine rings is 1. The van der Waals surface area contributed by atoms with Gasteiger partial charge in [0.05, 0.1) is 0 Å². The molecule has 0 bridgehead atoms. The number of thioether (sulfide) groups is 1. The minimum Gasteiger partial charge on any atom is -0.396 e. The number of hydrogen-bond acceptors (Lipinski definition) is 4. The molecule has 0 atom stereocenters. The van der Waals surface area contributed by atoms with Crippen molar-refractivity contribution in [2.75, 3.05) is 24.7 Å². The number of rotatable bonds is 7. The first-order chi connectivity index (χ1) is 8.65. The highest BCUT2D eigenvalue weighted by Crippen LogP contribution is 2.00. The first kappa shape index (κ1) is 14.8. The molecule has 1 heterocycles. The second-order valence-corrected chi connectivity index (χ2v) is 5.03. The summed E-state index contributed by atoms with van der Waals surface area (Å²) >= 11 is 1.68. The standard InChI is InChI=1S/C12H18N2O3S/c1-14-5-3-10(9-11(14)16)12(17)13-4-8-18-7-2-6-15/h3,5,9,15H,2,4,6-8H2,1H3,(H,13,17). The number of amides is 1. The van der Waals surface area contributed by atoms with Crippen molar-refractivity contribution in [1.82, 2.24) is 9.88 Å². The van der Waals surface area contributed by atoms with E-state index in [2.05, 4.69) is 5.32 Å². The average molecular weight is 270 g/mol. The SMILES string of the molecule is Cn1ccc(C(=O)NCCSCCCO)cc1=O. The lowest BCUT2D eigenvalue weighted by atomic mass is 10.2. The molecule has 6 heteroatoms. The Bertz CT molecular complexity index is 445. The lowest BCUT2D eigenvalue weighted by Crippen LogP contribution is -2.27. The number of aliphatic hydroxyl groups is 1. The molecule has 1 aromatic rings. The number of carbonyl (C=O) groups excluding carboxylic acids is 1. The Kier molecular flexibility index (Phi) is 6.53. The van der Waals surface area contributed by atoms with Crippen molar-refractivity contribution in [2.45, 2.75) is 6.42 Å². The molecule has 0 fully saturated rings. The van der Waals surface area contributed by atoms with E-state index in [1.54, 1.807) is 31.1 Å². The molecule has 2 N–H and O–H groups in total. The van der Waals surface area contributed by atoms with Gasteiger partial charge in [-0.25, -0.2) is 0 Å². The van der Waals surface area contributed by atoms with Crippen LogP contribution in [0.5, 0.6) is 0 Å². The number of aryl methyl sites for hydroxylation is 1. The van der Waals surface area contributed by atoms with Crippen LogP contribution in [0.3, 0.4) is 0 Å². The zero-order chi connectivity index (χ0) is 13.4. The third-order valence-electron chi connectivity index (χ3n) is 2.35. The van der Waals surface area contributed by atoms with Crippen LogP contribution in [0.4, 0.5) is 0 Å². The van der Waals surface area contributed by atoms with Gasteiger partial charge in [0.25, 0.3) is 11.5 Å². The van der Waals surface area contributed by atoms with E-state index in [1.807, 2.05) is 0 Å². The predicted molar refractivity (Wildman–Crippen MR) is 73.0 cm³/mol. The summed E-state index contributed by atoms with van der Waals surface area (Å²) in [4.78, 5) is 23.0. The second-order valence-electron chi connectivity index (χ2n) is 3.81. The lowest BCUT2D eigenvalue weighted by Gasteiger charge is -2.05. The number of carbonyl (C=O) groups is 1. The van der Waals surface area contributed by atoms with Gasteiger partial charge in [0.2, 0.25) is 0 Å². The zero-order valence-electron chi connectivity index (χ0n) is 10.4. The molecule has 0 aliphatic heterocycles. The van der Waals surface area contributed by atoms with E-state index in [1.165, 1.54) is 10.6 Å². The smallest absolute Gasteiger partial charge is 0.251 e. The Hall–Kier alpha value is -1.27. The zero-order valence-corrected chi connectivity index (χ0v) is 11.2. The molecule has 1 aromatic heterocycles. The van der Waals surface area contributed by atoms with Crippen LogP contribution in [0, 0.1) is 0 Å². The van der Waals surface area contributed by atoms with Gasteiger partial charge in [-0.05, 0) is 18.2 Å². The topological polar surface area (TPSA) is 71.3 Å². The van der Waals surface area contributed by atoms with E-state index < -0.39 is 0 Å². The molecule has 0 aliphatic carbocycles. The van der Waals surface area contributed by atoms with Gasteiger partial charge in [0.1, 0.15) is 0 Å². The van der Waals surface area contributed by atoms with Crippen molar-refractivity contribution in [3.63, 3.8) is 0 Å². The van der Waals surface area contributed by atoms with Crippen molar-refractivity contribution in [3.8, 4) is 0 Å². The van der Waals surface area contributed by atoms with Gasteiger partial charge >= 0.3 is 0 Å². The Morgan fingerprint density at radius 2 is 2.28 bits per heavy atom. The van der Waals surface area contributed by atoms with Gasteiger partial charge in [-0.15, -0.1) is 0 Å². The molecule has 1 amide bonds. The third kappa shape index (κ3) is 4.93. The Labute approximate surface area is 110 Å². The number of aliphatic hydroxyl groups excluding tert-OH is 1. The molecule has 18 heavy (non-hydrogen) atoms. The van der Waals surface area contributed by atoms with Crippen molar-refractivity contribution in [2.24, 2.45) is 7.05 Å². The molecule has 100 valence electrons. The molecule has 0 saturated heterocycles. The van der Waals surface area contributed by atoms with Crippen molar-refractivity contribution in [1.29, 1.82) is 0 Å². The van der Waals surface area contributed by atoms with E-state index in [0.717, 1.165) is 17.9 Å². The summed E-state index contributed by atoms with van der Waals surface area (Å²) in [6.45, 7) is 0.761. The molecule has 0 saturated carbocycles. The van der Waals surface area contributed by atoms with Gasteiger partial charge in [0.15, 0.2) is 0 Å². The van der Waals surface area contributed by atoms with Crippen LogP contribution < -0.4 is 10.9 Å². The maximum absolute atomic E-state index is 11.7. The highest BCUT2D eigenvalue weighted by molar-refractivity contribution is 7.99. The van der Waals surface area contributed by atoms with Gasteiger partial charge in [-0.2, -0.15) is 11.8 Å². The normalized spacial score (nSPS) is 10.3. The fourth-order valence-corrected chi connectivity index (χ4v) is 2.08. The maximum Gasteiger partial charge on any atom is 0.251 e. The summed E-state index contributed by atoms with van der Waals surface area (Å²) in [5, 5.41) is 11.3. The van der Waals surface area contributed by atoms with Gasteiger partial charge in [-0.3, -0.25) is 9.59 Å². The molecular weight excluding hydrogens is 252 g/mol. The van der Waals surface area contributed by atoms with Gasteiger partial charge in [-0.1, -0.05) is 0 Å². The summed E-state index contributed by atoms with van der Waals surface area (Å²) in [5.74, 6) is 1.46. The number of nitrogens with one attached hydrogen (secondary N) is 1. The van der Waals surface area contributed by atoms with E-state index in [4.69, 9.17) is 5.11 Å². The Balaban J connectivity index is 2.32. The van der Waals surface area contributed by atoms with Crippen LogP contribution >= 0.6 is 11.8 Å². The fraction of sp³-hybridized carbons (Fsp3) is 0.500. The van der Waals surface area contributed by atoms with E-state index in [0.29, 0.717) is 12.1 Å². The largest absolute Gasteiger partial charge is 0.396 e. The number of nitrogens with zero attached hydrogens (tertiary/aromatic N) is 1. The van der Waals surface area contributed by atoms with Crippen molar-refractivity contribution in [3.05, 3.63) is 34.2 Å². The molecule has 0 aromatic carbocycles. The molecule has 5 nitrogen and oxygen atoms in total. The van der Waals surface area contributed by atoms with Crippen LogP contribution in [0.25, 0.3) is 0 Å². The number of hydrogen-bond donors (Lipinski definition) is 2. The fourth-order valence-electron chi connectivity index (χ4n) is 1.30. The molecule has 0 radical (unpaired) electrons. The van der Waals surface area contributed by atoms with Crippen LogP contribution in [0.15, 0.2) is 23.1 Å². The first-order valence-electron chi connectivity index (χ1n) is 5.78. The summed E-state index contributed by atoms with van der Waals surface area (Å²) in [6, 6.07) is 2.95. The third-order valence-corrected chi connectivity index (χ3v) is 3.42. The second kappa shape index (κ2) is 7.94. The molecule has 1 rings (SSSR count). The Morgan fingerprint density at radius 1 is 1.50 bits per heavy atom. The minimum atomic E-state index is -0.226. The van der Waals surface area contributed by atoms with Crippen molar-refractivity contribution >= 4 is 17.7 Å². The maximum atomic E-state index is 11.7. The minimum absolute atomic E-state index is 0.194. The summed E-state index contributed by atoms with van der Waals surface area (Å²) in [6.07, 6.45) is 2.35. The summed E-state index contributed by atoms with van der Waals surface area (Å²) in [7, 11) is 1.64. The molecular formula is C12H18N2O3S.